The van der Waals surface area contributed by atoms with E-state index < -0.39 is 0 Å². The maximum atomic E-state index is 12.1. The lowest BCUT2D eigenvalue weighted by atomic mass is 10.2. The fourth-order valence-electron chi connectivity index (χ4n) is 2.09. The van der Waals surface area contributed by atoms with E-state index in [4.69, 9.17) is 9.47 Å². The molecule has 2 aromatic carbocycles. The van der Waals surface area contributed by atoms with Crippen molar-refractivity contribution in [2.75, 3.05) is 20.3 Å². The van der Waals surface area contributed by atoms with E-state index >= 15 is 0 Å². The Balaban J connectivity index is 1.73. The van der Waals surface area contributed by atoms with Crippen molar-refractivity contribution < 1.29 is 14.3 Å². The number of methoxy groups -OCH3 is 1. The van der Waals surface area contributed by atoms with Gasteiger partial charge in [0, 0.05) is 4.90 Å². The first-order chi connectivity index (χ1) is 11.6. The monoisotopic (exact) mass is 345 g/mol. The van der Waals surface area contributed by atoms with Crippen LogP contribution in [0.25, 0.3) is 0 Å². The standard InChI is InChI=1S/C19H23NO3S/c1-14-8-10-16(11-9-14)24-15(2)19(21)20-12-13-23-18-7-5-4-6-17(18)22-3/h4-11,15H,12-13H2,1-3H3,(H,20,21)/t15-/m0/s1. The molecular weight excluding hydrogens is 322 g/mol. The minimum Gasteiger partial charge on any atom is -0.493 e. The van der Waals surface area contributed by atoms with Crippen LogP contribution in [-0.2, 0) is 4.79 Å². The highest BCUT2D eigenvalue weighted by Crippen LogP contribution is 2.25. The van der Waals surface area contributed by atoms with Crippen molar-refractivity contribution in [3.05, 3.63) is 54.1 Å². The molecule has 0 aliphatic carbocycles. The highest BCUT2D eigenvalue weighted by Gasteiger charge is 2.13. The Kier molecular flexibility index (Phi) is 7.00. The first kappa shape index (κ1) is 18.2. The molecule has 0 spiro atoms. The number of amides is 1. The summed E-state index contributed by atoms with van der Waals surface area (Å²) in [4.78, 5) is 13.2. The summed E-state index contributed by atoms with van der Waals surface area (Å²) in [7, 11) is 1.61. The Morgan fingerprint density at radius 2 is 1.79 bits per heavy atom. The lowest BCUT2D eigenvalue weighted by molar-refractivity contribution is -0.120. The molecule has 4 nitrogen and oxygen atoms in total. The fraction of sp³-hybridized carbons (Fsp3) is 0.316. The van der Waals surface area contributed by atoms with Gasteiger partial charge in [0.2, 0.25) is 5.91 Å². The Bertz CT molecular complexity index is 658. The molecule has 2 aromatic rings. The number of aryl methyl sites for hydroxylation is 1. The van der Waals surface area contributed by atoms with Crippen LogP contribution in [-0.4, -0.2) is 31.4 Å². The minimum atomic E-state index is -0.154. The first-order valence-corrected chi connectivity index (χ1v) is 8.75. The number of para-hydroxylation sites is 2. The van der Waals surface area contributed by atoms with E-state index in [1.807, 2.05) is 62.4 Å². The van der Waals surface area contributed by atoms with E-state index in [-0.39, 0.29) is 11.2 Å². The summed E-state index contributed by atoms with van der Waals surface area (Å²) in [5.74, 6) is 1.37. The van der Waals surface area contributed by atoms with Crippen molar-refractivity contribution in [3.8, 4) is 11.5 Å². The number of carbonyl (C=O) groups excluding carboxylic acids is 1. The van der Waals surface area contributed by atoms with Crippen LogP contribution in [0.2, 0.25) is 0 Å². The molecule has 24 heavy (non-hydrogen) atoms. The highest BCUT2D eigenvalue weighted by atomic mass is 32.2. The summed E-state index contributed by atoms with van der Waals surface area (Å²) < 4.78 is 10.9. The van der Waals surface area contributed by atoms with Crippen molar-refractivity contribution in [1.82, 2.24) is 5.32 Å². The molecule has 2 rings (SSSR count). The molecule has 0 unspecified atom stereocenters. The number of thioether (sulfide) groups is 1. The molecular formula is C19H23NO3S. The van der Waals surface area contributed by atoms with E-state index in [9.17, 15) is 4.79 Å². The zero-order valence-electron chi connectivity index (χ0n) is 14.2. The molecule has 5 heteroatoms. The van der Waals surface area contributed by atoms with Crippen LogP contribution in [0.3, 0.4) is 0 Å². The summed E-state index contributed by atoms with van der Waals surface area (Å²) in [6.07, 6.45) is 0. The fourth-order valence-corrected chi connectivity index (χ4v) is 2.98. The van der Waals surface area contributed by atoms with E-state index in [2.05, 4.69) is 5.32 Å². The van der Waals surface area contributed by atoms with Gasteiger partial charge >= 0.3 is 0 Å². The van der Waals surface area contributed by atoms with Crippen LogP contribution in [0.5, 0.6) is 11.5 Å². The Hall–Kier alpha value is -2.14. The predicted molar refractivity (Wildman–Crippen MR) is 98.0 cm³/mol. The summed E-state index contributed by atoms with van der Waals surface area (Å²) in [5, 5.41) is 2.74. The van der Waals surface area contributed by atoms with Gasteiger partial charge in [-0.15, -0.1) is 11.8 Å². The van der Waals surface area contributed by atoms with Gasteiger partial charge in [0.05, 0.1) is 18.9 Å². The predicted octanol–water partition coefficient (Wildman–Crippen LogP) is 3.68. The highest BCUT2D eigenvalue weighted by molar-refractivity contribution is 8.00. The molecule has 0 radical (unpaired) electrons. The van der Waals surface area contributed by atoms with Crippen LogP contribution in [0, 0.1) is 6.92 Å². The van der Waals surface area contributed by atoms with Gasteiger partial charge in [0.25, 0.3) is 0 Å². The third-order valence-electron chi connectivity index (χ3n) is 3.43. The van der Waals surface area contributed by atoms with Gasteiger partial charge in [-0.25, -0.2) is 0 Å². The number of nitrogens with one attached hydrogen (secondary N) is 1. The van der Waals surface area contributed by atoms with E-state index in [0.717, 1.165) is 4.90 Å². The Morgan fingerprint density at radius 1 is 1.12 bits per heavy atom. The summed E-state index contributed by atoms with van der Waals surface area (Å²) in [6.45, 7) is 4.80. The molecule has 0 heterocycles. The summed E-state index contributed by atoms with van der Waals surface area (Å²) >= 11 is 1.55. The average Bonchev–Trinajstić information content (AvgIpc) is 2.60. The number of hydrogen-bond acceptors (Lipinski definition) is 4. The molecule has 0 aromatic heterocycles. The van der Waals surface area contributed by atoms with Gasteiger partial charge in [-0.05, 0) is 38.1 Å². The Morgan fingerprint density at radius 3 is 2.46 bits per heavy atom. The van der Waals surface area contributed by atoms with E-state index in [1.54, 1.807) is 18.9 Å². The van der Waals surface area contributed by atoms with E-state index in [0.29, 0.717) is 24.7 Å². The lowest BCUT2D eigenvalue weighted by Crippen LogP contribution is -2.33. The number of ether oxygens (including phenoxy) is 2. The molecule has 0 saturated heterocycles. The minimum absolute atomic E-state index is 0.00389. The topological polar surface area (TPSA) is 47.6 Å². The third kappa shape index (κ3) is 5.49. The van der Waals surface area contributed by atoms with Crippen molar-refractivity contribution >= 4 is 17.7 Å². The van der Waals surface area contributed by atoms with Crippen molar-refractivity contribution in [2.24, 2.45) is 0 Å². The first-order valence-electron chi connectivity index (χ1n) is 7.87. The molecule has 0 saturated carbocycles. The second kappa shape index (κ2) is 9.23. The molecule has 0 fully saturated rings. The van der Waals surface area contributed by atoms with Gasteiger partial charge in [0.15, 0.2) is 11.5 Å². The smallest absolute Gasteiger partial charge is 0.233 e. The maximum absolute atomic E-state index is 12.1. The molecule has 1 amide bonds. The van der Waals surface area contributed by atoms with E-state index in [1.165, 1.54) is 5.56 Å². The Labute approximate surface area is 147 Å². The second-order valence-electron chi connectivity index (χ2n) is 5.36. The van der Waals surface area contributed by atoms with Gasteiger partial charge in [-0.1, -0.05) is 29.8 Å². The molecule has 0 aliphatic heterocycles. The van der Waals surface area contributed by atoms with Gasteiger partial charge in [-0.3, -0.25) is 4.79 Å². The normalized spacial score (nSPS) is 11.6. The van der Waals surface area contributed by atoms with Crippen LogP contribution in [0.4, 0.5) is 0 Å². The molecule has 0 aliphatic rings. The summed E-state index contributed by atoms with van der Waals surface area (Å²) in [5.41, 5.74) is 1.21. The van der Waals surface area contributed by atoms with Gasteiger partial charge in [0.1, 0.15) is 6.61 Å². The summed E-state index contributed by atoms with van der Waals surface area (Å²) in [6, 6.07) is 15.6. The average molecular weight is 345 g/mol. The number of carbonyl (C=O) groups is 1. The van der Waals surface area contributed by atoms with Crippen molar-refractivity contribution in [3.63, 3.8) is 0 Å². The zero-order chi connectivity index (χ0) is 17.4. The molecule has 128 valence electrons. The number of rotatable bonds is 8. The maximum Gasteiger partial charge on any atom is 0.233 e. The van der Waals surface area contributed by atoms with Gasteiger partial charge < -0.3 is 14.8 Å². The zero-order valence-corrected chi connectivity index (χ0v) is 15.1. The van der Waals surface area contributed by atoms with Crippen LogP contribution >= 0.6 is 11.8 Å². The third-order valence-corrected chi connectivity index (χ3v) is 4.54. The second-order valence-corrected chi connectivity index (χ2v) is 6.78. The quantitative estimate of drug-likeness (QED) is 0.586. The lowest BCUT2D eigenvalue weighted by Gasteiger charge is -2.13. The van der Waals surface area contributed by atoms with Crippen LogP contribution < -0.4 is 14.8 Å². The van der Waals surface area contributed by atoms with Gasteiger partial charge in [-0.2, -0.15) is 0 Å². The van der Waals surface area contributed by atoms with Crippen LogP contribution in [0.15, 0.2) is 53.4 Å². The molecule has 1 atom stereocenters. The molecule has 0 bridgehead atoms. The largest absolute Gasteiger partial charge is 0.493 e. The van der Waals surface area contributed by atoms with Crippen LogP contribution in [0.1, 0.15) is 12.5 Å². The number of benzene rings is 2. The number of hydrogen-bond donors (Lipinski definition) is 1. The SMILES string of the molecule is COc1ccccc1OCCNC(=O)[C@H](C)Sc1ccc(C)cc1. The van der Waals surface area contributed by atoms with Crippen molar-refractivity contribution in [1.29, 1.82) is 0 Å². The van der Waals surface area contributed by atoms with Crippen molar-refractivity contribution in [2.45, 2.75) is 24.0 Å². The molecule has 1 N–H and O–H groups in total.